The van der Waals surface area contributed by atoms with E-state index in [1.807, 2.05) is 0 Å². The Kier molecular flexibility index (Phi) is 1.55. The van der Waals surface area contributed by atoms with Gasteiger partial charge in [0.1, 0.15) is 5.78 Å². The molecule has 2 bridgehead atoms. The number of rotatable bonds is 1. The summed E-state index contributed by atoms with van der Waals surface area (Å²) in [6.07, 6.45) is 3.72. The molecule has 0 aromatic carbocycles. The van der Waals surface area contributed by atoms with Gasteiger partial charge in [0, 0.05) is 11.8 Å². The van der Waals surface area contributed by atoms with E-state index in [0.29, 0.717) is 23.5 Å². The zero-order chi connectivity index (χ0) is 8.01. The highest BCUT2D eigenvalue weighted by molar-refractivity contribution is 5.87. The lowest BCUT2D eigenvalue weighted by atomic mass is 9.80. The Bertz CT molecular complexity index is 183. The van der Waals surface area contributed by atoms with E-state index in [1.54, 1.807) is 0 Å². The monoisotopic (exact) mass is 152 g/mol. The van der Waals surface area contributed by atoms with Gasteiger partial charge >= 0.3 is 0 Å². The highest BCUT2D eigenvalue weighted by Gasteiger charge is 2.47. The third kappa shape index (κ3) is 0.935. The molecular formula is C10H16O. The second-order valence-corrected chi connectivity index (χ2v) is 4.44. The van der Waals surface area contributed by atoms with E-state index < -0.39 is 0 Å². The van der Waals surface area contributed by atoms with Gasteiger partial charge in [0.2, 0.25) is 0 Å². The summed E-state index contributed by atoms with van der Waals surface area (Å²) < 4.78 is 0. The Hall–Kier alpha value is -0.330. The molecule has 11 heavy (non-hydrogen) atoms. The lowest BCUT2D eigenvalue weighted by molar-refractivity contribution is -0.127. The van der Waals surface area contributed by atoms with Crippen molar-refractivity contribution in [1.82, 2.24) is 0 Å². The van der Waals surface area contributed by atoms with Gasteiger partial charge in [-0.1, -0.05) is 13.8 Å². The molecule has 0 aromatic heterocycles. The summed E-state index contributed by atoms with van der Waals surface area (Å²) in [4.78, 5) is 11.6. The van der Waals surface area contributed by atoms with Gasteiger partial charge in [0.05, 0.1) is 0 Å². The normalized spacial score (nSPS) is 42.5. The van der Waals surface area contributed by atoms with Gasteiger partial charge in [-0.2, -0.15) is 0 Å². The molecule has 62 valence electrons. The van der Waals surface area contributed by atoms with E-state index in [1.165, 1.54) is 19.3 Å². The van der Waals surface area contributed by atoms with Gasteiger partial charge < -0.3 is 0 Å². The third-order valence-electron chi connectivity index (χ3n) is 3.43. The first-order valence-electron chi connectivity index (χ1n) is 4.74. The highest BCUT2D eigenvalue weighted by atomic mass is 16.1. The maximum Gasteiger partial charge on any atom is 0.139 e. The minimum Gasteiger partial charge on any atom is -0.299 e. The van der Waals surface area contributed by atoms with Crippen molar-refractivity contribution in [3.63, 3.8) is 0 Å². The van der Waals surface area contributed by atoms with Crippen LogP contribution < -0.4 is 0 Å². The summed E-state index contributed by atoms with van der Waals surface area (Å²) in [6, 6.07) is 0. The predicted molar refractivity (Wildman–Crippen MR) is 44.2 cm³/mol. The SMILES string of the molecule is CC(C)[C@H]1C(=O)[C@@H]2CC[C@H]1C2. The molecule has 2 rings (SSSR count). The predicted octanol–water partition coefficient (Wildman–Crippen LogP) is 2.26. The Morgan fingerprint density at radius 3 is 2.45 bits per heavy atom. The van der Waals surface area contributed by atoms with Crippen LogP contribution in [0.3, 0.4) is 0 Å². The van der Waals surface area contributed by atoms with Gasteiger partial charge in [-0.3, -0.25) is 4.79 Å². The molecule has 2 saturated carbocycles. The van der Waals surface area contributed by atoms with Crippen molar-refractivity contribution in [2.75, 3.05) is 0 Å². The molecule has 0 spiro atoms. The maximum absolute atomic E-state index is 11.6. The first kappa shape index (κ1) is 7.33. The van der Waals surface area contributed by atoms with Gasteiger partial charge in [0.15, 0.2) is 0 Å². The van der Waals surface area contributed by atoms with Crippen molar-refractivity contribution in [3.05, 3.63) is 0 Å². The maximum atomic E-state index is 11.6. The van der Waals surface area contributed by atoms with E-state index in [-0.39, 0.29) is 0 Å². The Balaban J connectivity index is 2.18. The highest BCUT2D eigenvalue weighted by Crippen LogP contribution is 2.48. The Morgan fingerprint density at radius 2 is 2.09 bits per heavy atom. The summed E-state index contributed by atoms with van der Waals surface area (Å²) in [5, 5.41) is 0. The lowest BCUT2D eigenvalue weighted by Crippen LogP contribution is -2.26. The number of Topliss-reactive ketones (excluding diaryl/α,β-unsaturated/α-hetero) is 1. The van der Waals surface area contributed by atoms with E-state index in [4.69, 9.17) is 0 Å². The molecule has 1 heteroatoms. The molecule has 2 aliphatic rings. The summed E-state index contributed by atoms with van der Waals surface area (Å²) >= 11 is 0. The van der Waals surface area contributed by atoms with Gasteiger partial charge in [0.25, 0.3) is 0 Å². The van der Waals surface area contributed by atoms with Crippen molar-refractivity contribution in [1.29, 1.82) is 0 Å². The zero-order valence-electron chi connectivity index (χ0n) is 7.34. The molecule has 2 aliphatic carbocycles. The fourth-order valence-corrected chi connectivity index (χ4v) is 2.98. The van der Waals surface area contributed by atoms with Crippen LogP contribution in [0.2, 0.25) is 0 Å². The molecular weight excluding hydrogens is 136 g/mol. The molecule has 0 aliphatic heterocycles. The van der Waals surface area contributed by atoms with Crippen LogP contribution in [0.15, 0.2) is 0 Å². The first-order chi connectivity index (χ1) is 5.20. The molecule has 0 unspecified atom stereocenters. The summed E-state index contributed by atoms with van der Waals surface area (Å²) in [7, 11) is 0. The second kappa shape index (κ2) is 2.33. The molecule has 0 N–H and O–H groups in total. The minimum atomic E-state index is 0.425. The van der Waals surface area contributed by atoms with E-state index >= 15 is 0 Å². The average Bonchev–Trinajstić information content (AvgIpc) is 2.44. The lowest BCUT2D eigenvalue weighted by Gasteiger charge is -2.23. The van der Waals surface area contributed by atoms with Crippen molar-refractivity contribution in [2.24, 2.45) is 23.7 Å². The van der Waals surface area contributed by atoms with Crippen LogP contribution in [0.1, 0.15) is 33.1 Å². The number of carbonyl (C=O) groups excluding carboxylic acids is 1. The van der Waals surface area contributed by atoms with Crippen molar-refractivity contribution >= 4 is 5.78 Å². The van der Waals surface area contributed by atoms with Crippen molar-refractivity contribution in [3.8, 4) is 0 Å². The van der Waals surface area contributed by atoms with Crippen LogP contribution in [0.5, 0.6) is 0 Å². The topological polar surface area (TPSA) is 17.1 Å². The molecule has 0 amide bonds. The van der Waals surface area contributed by atoms with Crippen molar-refractivity contribution < 1.29 is 4.79 Å². The summed E-state index contributed by atoms with van der Waals surface area (Å²) in [5.74, 6) is 2.81. The summed E-state index contributed by atoms with van der Waals surface area (Å²) in [5.41, 5.74) is 0. The fourth-order valence-electron chi connectivity index (χ4n) is 2.98. The van der Waals surface area contributed by atoms with Gasteiger partial charge in [-0.05, 0) is 31.1 Å². The molecule has 3 atom stereocenters. The fraction of sp³-hybridized carbons (Fsp3) is 0.900. The standard InChI is InChI=1S/C10H16O/c1-6(2)9-7-3-4-8(5-7)10(9)11/h6-9H,3-5H2,1-2H3/t7-,8+,9+/m0/s1. The molecule has 2 fully saturated rings. The molecule has 0 heterocycles. The Labute approximate surface area is 68.2 Å². The van der Waals surface area contributed by atoms with E-state index in [0.717, 1.165) is 5.92 Å². The molecule has 0 radical (unpaired) electrons. The third-order valence-corrected chi connectivity index (χ3v) is 3.43. The number of fused-ring (bicyclic) bond motifs is 2. The van der Waals surface area contributed by atoms with Gasteiger partial charge in [-0.25, -0.2) is 0 Å². The Morgan fingerprint density at radius 1 is 1.36 bits per heavy atom. The number of hydrogen-bond acceptors (Lipinski definition) is 1. The number of hydrogen-bond donors (Lipinski definition) is 0. The molecule has 0 saturated heterocycles. The quantitative estimate of drug-likeness (QED) is 0.563. The van der Waals surface area contributed by atoms with E-state index in [2.05, 4.69) is 13.8 Å². The van der Waals surface area contributed by atoms with Crippen molar-refractivity contribution in [2.45, 2.75) is 33.1 Å². The smallest absolute Gasteiger partial charge is 0.139 e. The van der Waals surface area contributed by atoms with E-state index in [9.17, 15) is 4.79 Å². The number of carbonyl (C=O) groups is 1. The van der Waals surface area contributed by atoms with Crippen LogP contribution in [0.25, 0.3) is 0 Å². The minimum absolute atomic E-state index is 0.425. The van der Waals surface area contributed by atoms with Crippen LogP contribution in [0, 0.1) is 23.7 Å². The van der Waals surface area contributed by atoms with Crippen LogP contribution in [-0.4, -0.2) is 5.78 Å². The van der Waals surface area contributed by atoms with Gasteiger partial charge in [-0.15, -0.1) is 0 Å². The first-order valence-corrected chi connectivity index (χ1v) is 4.74. The zero-order valence-corrected chi connectivity index (χ0v) is 7.34. The largest absolute Gasteiger partial charge is 0.299 e. The average molecular weight is 152 g/mol. The molecule has 0 aromatic rings. The van der Waals surface area contributed by atoms with Crippen LogP contribution in [0.4, 0.5) is 0 Å². The second-order valence-electron chi connectivity index (χ2n) is 4.44. The number of ketones is 1. The van der Waals surface area contributed by atoms with Crippen LogP contribution in [-0.2, 0) is 4.79 Å². The summed E-state index contributed by atoms with van der Waals surface area (Å²) in [6.45, 7) is 4.37. The van der Waals surface area contributed by atoms with Crippen LogP contribution >= 0.6 is 0 Å². The molecule has 1 nitrogen and oxygen atoms in total.